The third-order valence-electron chi connectivity index (χ3n) is 24.1. The van der Waals surface area contributed by atoms with E-state index < -0.39 is 27.4 Å². The first-order valence-corrected chi connectivity index (χ1v) is 46.2. The topological polar surface area (TPSA) is 143 Å². The van der Waals surface area contributed by atoms with Crippen LogP contribution in [0.1, 0.15) is 127 Å². The molecule has 0 unspecified atom stereocenters. The molecule has 0 atom stereocenters. The average Bonchev–Trinajstić information content (AvgIpc) is 1.64. The van der Waals surface area contributed by atoms with E-state index in [9.17, 15) is 0 Å². The molecular formula is C129H106Ir4N8O3-8. The Labute approximate surface area is 916 Å². The third kappa shape index (κ3) is 26.5. The molecule has 144 heavy (non-hydrogen) atoms. The van der Waals surface area contributed by atoms with E-state index in [1.54, 1.807) is 52.0 Å². The minimum absolute atomic E-state index is 0. The molecule has 11 heterocycles. The van der Waals surface area contributed by atoms with Gasteiger partial charge in [-0.25, -0.2) is 0 Å². The minimum atomic E-state index is -2.10. The Morgan fingerprint density at radius 1 is 0.271 bits per heavy atom. The molecule has 0 spiro atoms. The molecule has 1 aliphatic carbocycles. The van der Waals surface area contributed by atoms with Crippen LogP contribution in [0.2, 0.25) is 0 Å². The molecule has 23 aromatic rings. The molecule has 0 saturated heterocycles. The van der Waals surface area contributed by atoms with E-state index in [1.807, 2.05) is 225 Å². The van der Waals surface area contributed by atoms with E-state index in [1.165, 1.54) is 74.9 Å². The maximum Gasteiger partial charge on any atom is 0.123 e. The number of aromatic nitrogens is 8. The number of fused-ring (bicyclic) bond motifs is 12. The predicted octanol–water partition coefficient (Wildman–Crippen LogP) is 32.7. The van der Waals surface area contributed by atoms with Crippen LogP contribution in [-0.2, 0) is 93.3 Å². The second kappa shape index (κ2) is 50.7. The van der Waals surface area contributed by atoms with E-state index in [0.717, 1.165) is 191 Å². The predicted molar refractivity (Wildman–Crippen MR) is 574 cm³/mol. The van der Waals surface area contributed by atoms with Crippen LogP contribution in [0.25, 0.3) is 167 Å². The second-order valence-electron chi connectivity index (χ2n) is 34.3. The van der Waals surface area contributed by atoms with Crippen molar-refractivity contribution in [2.75, 3.05) is 0 Å². The van der Waals surface area contributed by atoms with Crippen molar-refractivity contribution >= 4 is 65.8 Å². The monoisotopic (exact) mass is 2600 g/mol. The fourth-order valence-corrected chi connectivity index (χ4v) is 15.9. The summed E-state index contributed by atoms with van der Waals surface area (Å²) in [4.78, 5) is 34.6. The van der Waals surface area contributed by atoms with Gasteiger partial charge in [-0.05, 0) is 226 Å². The van der Waals surface area contributed by atoms with E-state index >= 15 is 0 Å². The third-order valence-corrected chi connectivity index (χ3v) is 24.1. The number of hydrogen-bond acceptors (Lipinski definition) is 11. The number of furan rings is 3. The van der Waals surface area contributed by atoms with Gasteiger partial charge in [-0.1, -0.05) is 238 Å². The zero-order valence-electron chi connectivity index (χ0n) is 92.7. The van der Waals surface area contributed by atoms with Crippen LogP contribution in [0.3, 0.4) is 0 Å². The maximum absolute atomic E-state index is 7.37. The normalized spacial score (nSPS) is 12.3. The zero-order chi connectivity index (χ0) is 107. The molecule has 24 rings (SSSR count). The van der Waals surface area contributed by atoms with Crippen LogP contribution in [0, 0.1) is 124 Å². The van der Waals surface area contributed by atoms with Crippen LogP contribution in [0.4, 0.5) is 0 Å². The number of nitrogens with zero attached hydrogens (tertiary/aromatic N) is 8. The number of aryl methyl sites for hydroxylation is 12. The molecule has 11 aromatic heterocycles. The summed E-state index contributed by atoms with van der Waals surface area (Å²) >= 11 is 0. The fraction of sp³-hybridized carbons (Fsp3) is 0.132. The molecule has 0 fully saturated rings. The summed E-state index contributed by atoms with van der Waals surface area (Å²) in [5, 5.41) is 6.68. The number of hydrogen-bond donors (Lipinski definition) is 0. The van der Waals surface area contributed by atoms with Crippen molar-refractivity contribution in [2.45, 2.75) is 115 Å². The first-order chi connectivity index (χ1) is 73.0. The van der Waals surface area contributed by atoms with Gasteiger partial charge in [0.1, 0.15) is 16.7 Å². The Morgan fingerprint density at radius 3 is 0.965 bits per heavy atom. The van der Waals surface area contributed by atoms with Crippen LogP contribution < -0.4 is 0 Å². The van der Waals surface area contributed by atoms with Gasteiger partial charge in [-0.3, -0.25) is 0 Å². The van der Waals surface area contributed by atoms with E-state index in [-0.39, 0.29) is 80.4 Å². The fourth-order valence-electron chi connectivity index (χ4n) is 15.9. The summed E-state index contributed by atoms with van der Waals surface area (Å²) in [6, 6.07) is 127. The molecular weight excluding hydrogens is 2480 g/mol. The van der Waals surface area contributed by atoms with Crippen molar-refractivity contribution in [1.29, 1.82) is 0 Å². The van der Waals surface area contributed by atoms with Gasteiger partial charge in [0, 0.05) is 146 Å². The Kier molecular flexibility index (Phi) is 32.0. The van der Waals surface area contributed by atoms with Crippen molar-refractivity contribution in [1.82, 2.24) is 39.9 Å². The summed E-state index contributed by atoms with van der Waals surface area (Å²) in [6.07, 6.45) is 15.2. The van der Waals surface area contributed by atoms with Gasteiger partial charge in [-0.15, -0.1) is 226 Å². The number of benzene rings is 12. The molecule has 0 saturated carbocycles. The Balaban J connectivity index is 0.000000148. The molecule has 0 aliphatic heterocycles. The van der Waals surface area contributed by atoms with Crippen LogP contribution >= 0.6 is 0 Å². The van der Waals surface area contributed by atoms with Crippen LogP contribution in [-0.4, -0.2) is 39.9 Å². The van der Waals surface area contributed by atoms with Gasteiger partial charge in [-0.2, -0.15) is 0 Å². The average molecular weight is 2600 g/mol. The second-order valence-corrected chi connectivity index (χ2v) is 34.3. The quantitative estimate of drug-likeness (QED) is 0.121. The van der Waals surface area contributed by atoms with Gasteiger partial charge < -0.3 is 53.1 Å². The Morgan fingerprint density at radius 2 is 0.597 bits per heavy atom. The van der Waals surface area contributed by atoms with E-state index in [4.69, 9.17) is 29.7 Å². The standard InChI is InChI=1S/C20H16NO.2C19H14NO.C19H14N.4C13H12N.4Ir/c1-13(2)14-9-10-21-18(11-14)15-7-8-17-16-5-3-4-6-19(16)22-20(17)12-15;1-12-9-17(20-11-13(12)2)14-7-8-16-15-5-3-4-6-18(15)21-19(16)10-14;1-2-13-9-10-20-17(11-13)14-7-8-16-15-5-3-4-6-18(15)21-19(16)12-14;1-13-8-9-20-19(10-13)15-6-7-18-16(12-15)11-14-4-2-3-5-17(14)18;4*1-10-8-13(14-9-11(10)2)12-6-4-3-5-7-12;;;;/h3-6,8-13H,1-2H3;3-6,8-11H,1-2H3;3-6,8-12H,2H2,1H3;2-5,7-10,12H,11H2,1H3;4*3-6,8-9H,1-2H3;;;;/q8*-1;;;;/i;;;;4*2D3;;;;. The molecule has 12 aromatic carbocycles. The number of para-hydroxylation sites is 3. The van der Waals surface area contributed by atoms with E-state index in [0.29, 0.717) is 28.2 Å². The van der Waals surface area contributed by atoms with Crippen molar-refractivity contribution in [3.8, 4) is 101 Å². The Bertz CT molecular complexity index is 8400. The van der Waals surface area contributed by atoms with E-state index in [2.05, 4.69) is 215 Å². The van der Waals surface area contributed by atoms with Crippen molar-refractivity contribution in [2.24, 2.45) is 0 Å². The number of rotatable bonds is 10. The van der Waals surface area contributed by atoms with Gasteiger partial charge >= 0.3 is 0 Å². The van der Waals surface area contributed by atoms with Crippen LogP contribution in [0.5, 0.6) is 0 Å². The van der Waals surface area contributed by atoms with Crippen LogP contribution in [0.15, 0.2) is 372 Å². The molecule has 0 bridgehead atoms. The van der Waals surface area contributed by atoms with Crippen molar-refractivity contribution in [3.05, 3.63) is 491 Å². The van der Waals surface area contributed by atoms with Crippen molar-refractivity contribution < 1.29 is 110 Å². The summed E-state index contributed by atoms with van der Waals surface area (Å²) in [5.74, 6) is 0.483. The first-order valence-electron chi connectivity index (χ1n) is 52.2. The van der Waals surface area contributed by atoms with Gasteiger partial charge in [0.25, 0.3) is 0 Å². The minimum Gasteiger partial charge on any atom is -0.476 e. The molecule has 15 heteroatoms. The smallest absolute Gasteiger partial charge is 0.123 e. The molecule has 11 nitrogen and oxygen atoms in total. The largest absolute Gasteiger partial charge is 0.476 e. The zero-order valence-corrected chi connectivity index (χ0v) is 90.3. The molecule has 0 amide bonds. The van der Waals surface area contributed by atoms with Gasteiger partial charge in [0.15, 0.2) is 0 Å². The molecule has 4 radical (unpaired) electrons. The number of pyridine rings is 8. The van der Waals surface area contributed by atoms with Gasteiger partial charge in [0.05, 0.1) is 16.7 Å². The summed E-state index contributed by atoms with van der Waals surface area (Å²) < 4.78 is 106. The summed E-state index contributed by atoms with van der Waals surface area (Å²) in [5.41, 5.74) is 35.4. The molecule has 0 N–H and O–H groups in total. The SMILES string of the molecule is CC(C)c1ccnc(-c2[c-]cc3c(c2)oc2ccccc23)c1.CCc1ccnc(-c2[c-]cc3c(c2)oc2ccccc23)c1.Cc1ccnc(-c2[c-]cc3c(c2)Cc2ccccc2-3)c1.Cc1cnc(-c2[c-]cc3c(c2)oc2ccccc23)cc1C.[2H]C([2H])([2H])c1cnc(-c2[c-]cccc2)cc1C.[2H]C([2H])([2H])c1cnc(-c2[c-]cccc2)cc1C.[2H]C([2H])([2H])c1cnc(-c2[c-]cccc2)cc1C.[2H]C([2H])([2H])c1cnc(-c2[c-]cccc2)cc1C.[Ir].[Ir].[Ir].[Ir]. The summed E-state index contributed by atoms with van der Waals surface area (Å²) in [6.45, 7) is 11.5. The molecule has 1 aliphatic rings. The molecule has 724 valence electrons. The van der Waals surface area contributed by atoms with Crippen molar-refractivity contribution in [3.63, 3.8) is 0 Å². The summed E-state index contributed by atoms with van der Waals surface area (Å²) in [7, 11) is 0. The Hall–Kier alpha value is -14.2. The van der Waals surface area contributed by atoms with Gasteiger partial charge in [0.2, 0.25) is 0 Å². The maximum atomic E-state index is 7.37. The first kappa shape index (κ1) is 91.1.